The molecule has 1 aromatic heterocycles. The van der Waals surface area contributed by atoms with E-state index in [0.29, 0.717) is 12.0 Å². The minimum absolute atomic E-state index is 0.177. The molecule has 0 radical (unpaired) electrons. The van der Waals surface area contributed by atoms with Gasteiger partial charge in [0, 0.05) is 4.88 Å². The molecule has 0 aliphatic heterocycles. The van der Waals surface area contributed by atoms with Crippen molar-refractivity contribution in [3.05, 3.63) is 52.2 Å². The second-order valence-electron chi connectivity index (χ2n) is 4.85. The third-order valence-electron chi connectivity index (χ3n) is 3.24. The Morgan fingerprint density at radius 3 is 2.62 bits per heavy atom. The Labute approximate surface area is 129 Å². The lowest BCUT2D eigenvalue weighted by Gasteiger charge is -2.16. The van der Waals surface area contributed by atoms with Gasteiger partial charge in [0.15, 0.2) is 0 Å². The van der Waals surface area contributed by atoms with Gasteiger partial charge in [0.2, 0.25) is 10.0 Å². The fourth-order valence-corrected chi connectivity index (χ4v) is 4.32. The molecule has 1 heterocycles. The Balaban J connectivity index is 2.27. The molecule has 0 spiro atoms. The van der Waals surface area contributed by atoms with E-state index in [-0.39, 0.29) is 10.9 Å². The molecule has 0 saturated carbocycles. The maximum atomic E-state index is 12.5. The number of aliphatic hydroxyl groups excluding tert-OH is 1. The van der Waals surface area contributed by atoms with Gasteiger partial charge in [0.05, 0.1) is 17.0 Å². The Kier molecular flexibility index (Phi) is 5.16. The van der Waals surface area contributed by atoms with Crippen LogP contribution in [0.25, 0.3) is 0 Å². The van der Waals surface area contributed by atoms with Gasteiger partial charge in [0.1, 0.15) is 0 Å². The summed E-state index contributed by atoms with van der Waals surface area (Å²) in [5, 5.41) is 11.5. The Morgan fingerprint density at radius 1 is 1.29 bits per heavy atom. The smallest absolute Gasteiger partial charge is 0.241 e. The molecule has 0 amide bonds. The summed E-state index contributed by atoms with van der Waals surface area (Å²) in [4.78, 5) is 1.17. The summed E-state index contributed by atoms with van der Waals surface area (Å²) in [5.41, 5.74) is 0.585. The summed E-state index contributed by atoms with van der Waals surface area (Å²) >= 11 is 1.53. The van der Waals surface area contributed by atoms with Crippen molar-refractivity contribution in [3.8, 4) is 0 Å². The second kappa shape index (κ2) is 6.70. The molecule has 2 rings (SSSR count). The van der Waals surface area contributed by atoms with Crippen LogP contribution in [0.2, 0.25) is 0 Å². The topological polar surface area (TPSA) is 66.4 Å². The van der Waals surface area contributed by atoms with Crippen molar-refractivity contribution in [2.24, 2.45) is 0 Å². The van der Waals surface area contributed by atoms with Crippen molar-refractivity contribution in [1.29, 1.82) is 0 Å². The highest BCUT2D eigenvalue weighted by Crippen LogP contribution is 2.25. The van der Waals surface area contributed by atoms with Gasteiger partial charge in [-0.2, -0.15) is 0 Å². The van der Waals surface area contributed by atoms with Gasteiger partial charge < -0.3 is 5.11 Å². The van der Waals surface area contributed by atoms with Gasteiger partial charge in [0.25, 0.3) is 0 Å². The lowest BCUT2D eigenvalue weighted by molar-refractivity contribution is 0.199. The van der Waals surface area contributed by atoms with Crippen LogP contribution in [0, 0.1) is 0 Å². The molecule has 1 aromatic carbocycles. The molecule has 21 heavy (non-hydrogen) atoms. The van der Waals surface area contributed by atoms with Crippen LogP contribution in [0.15, 0.2) is 46.7 Å². The average Bonchev–Trinajstić information content (AvgIpc) is 2.99. The largest absolute Gasteiger partial charge is 0.389 e. The summed E-state index contributed by atoms with van der Waals surface area (Å²) < 4.78 is 27.7. The molecule has 2 N–H and O–H groups in total. The predicted octanol–water partition coefficient (Wildman–Crippen LogP) is 3.23. The van der Waals surface area contributed by atoms with Crippen LogP contribution >= 0.6 is 11.3 Å². The summed E-state index contributed by atoms with van der Waals surface area (Å²) in [6, 6.07) is 10.00. The first-order valence-electron chi connectivity index (χ1n) is 6.78. The summed E-state index contributed by atoms with van der Waals surface area (Å²) in [7, 11) is -3.61. The van der Waals surface area contributed by atoms with E-state index >= 15 is 0 Å². The van der Waals surface area contributed by atoms with E-state index < -0.39 is 16.1 Å². The summed E-state index contributed by atoms with van der Waals surface area (Å²) in [5.74, 6) is 0. The molecule has 114 valence electrons. The number of hydrogen-bond donors (Lipinski definition) is 2. The molecule has 0 fully saturated rings. The van der Waals surface area contributed by atoms with Crippen LogP contribution in [-0.2, 0) is 10.0 Å². The minimum atomic E-state index is -3.61. The molecular weight excluding hydrogens is 306 g/mol. The van der Waals surface area contributed by atoms with Crippen molar-refractivity contribution in [2.75, 3.05) is 0 Å². The maximum absolute atomic E-state index is 12.5. The number of rotatable bonds is 6. The third kappa shape index (κ3) is 3.91. The number of sulfonamides is 1. The summed E-state index contributed by atoms with van der Waals surface area (Å²) in [6.07, 6.45) is -0.0186. The number of hydrogen-bond acceptors (Lipinski definition) is 4. The molecule has 2 unspecified atom stereocenters. The molecule has 0 bridgehead atoms. The number of aliphatic hydroxyl groups is 1. The lowest BCUT2D eigenvalue weighted by Crippen LogP contribution is -2.28. The van der Waals surface area contributed by atoms with Gasteiger partial charge in [-0.15, -0.1) is 11.3 Å². The van der Waals surface area contributed by atoms with E-state index in [1.54, 1.807) is 19.1 Å². The Morgan fingerprint density at radius 2 is 2.05 bits per heavy atom. The zero-order valence-corrected chi connectivity index (χ0v) is 13.6. The lowest BCUT2D eigenvalue weighted by atomic mass is 10.1. The standard InChI is InChI=1S/C15H19NO3S2/c1-3-14(15-8-5-9-20-15)16-21(18,19)13-7-4-6-12(10-13)11(2)17/h4-11,14,16-17H,3H2,1-2H3. The first-order chi connectivity index (χ1) is 9.94. The van der Waals surface area contributed by atoms with E-state index in [1.807, 2.05) is 24.4 Å². The third-order valence-corrected chi connectivity index (χ3v) is 5.70. The van der Waals surface area contributed by atoms with E-state index in [4.69, 9.17) is 0 Å². The normalized spacial score (nSPS) is 14.8. The maximum Gasteiger partial charge on any atom is 0.241 e. The molecule has 6 heteroatoms. The minimum Gasteiger partial charge on any atom is -0.389 e. The molecule has 2 aromatic rings. The SMILES string of the molecule is CCC(NS(=O)(=O)c1cccc(C(C)O)c1)c1cccs1. The van der Waals surface area contributed by atoms with Crippen LogP contribution in [0.3, 0.4) is 0 Å². The molecule has 0 aliphatic rings. The first kappa shape index (κ1) is 16.2. The van der Waals surface area contributed by atoms with Crippen molar-refractivity contribution in [2.45, 2.75) is 37.3 Å². The second-order valence-corrected chi connectivity index (χ2v) is 7.54. The number of benzene rings is 1. The van der Waals surface area contributed by atoms with Crippen LogP contribution in [0.5, 0.6) is 0 Å². The fourth-order valence-electron chi connectivity index (χ4n) is 2.03. The van der Waals surface area contributed by atoms with Gasteiger partial charge in [-0.1, -0.05) is 25.1 Å². The van der Waals surface area contributed by atoms with Crippen molar-refractivity contribution >= 4 is 21.4 Å². The van der Waals surface area contributed by atoms with Gasteiger partial charge in [-0.3, -0.25) is 0 Å². The molecule has 4 nitrogen and oxygen atoms in total. The quantitative estimate of drug-likeness (QED) is 0.857. The van der Waals surface area contributed by atoms with E-state index in [1.165, 1.54) is 23.5 Å². The van der Waals surface area contributed by atoms with Crippen LogP contribution in [0.1, 0.15) is 42.9 Å². The first-order valence-corrected chi connectivity index (χ1v) is 9.14. The van der Waals surface area contributed by atoms with Crippen LogP contribution in [-0.4, -0.2) is 13.5 Å². The Hall–Kier alpha value is -1.21. The monoisotopic (exact) mass is 325 g/mol. The van der Waals surface area contributed by atoms with Gasteiger partial charge in [-0.25, -0.2) is 13.1 Å². The zero-order valence-electron chi connectivity index (χ0n) is 12.0. The molecular formula is C15H19NO3S2. The Bertz CT molecular complexity index is 679. The average molecular weight is 325 g/mol. The molecule has 0 aliphatic carbocycles. The molecule has 0 saturated heterocycles. The van der Waals surface area contributed by atoms with E-state index in [0.717, 1.165) is 4.88 Å². The number of nitrogens with one attached hydrogen (secondary N) is 1. The van der Waals surface area contributed by atoms with Crippen molar-refractivity contribution in [1.82, 2.24) is 4.72 Å². The number of thiophene rings is 1. The molecule has 2 atom stereocenters. The van der Waals surface area contributed by atoms with Crippen LogP contribution in [0.4, 0.5) is 0 Å². The van der Waals surface area contributed by atoms with Gasteiger partial charge in [-0.05, 0) is 42.5 Å². The van der Waals surface area contributed by atoms with Crippen molar-refractivity contribution in [3.63, 3.8) is 0 Å². The van der Waals surface area contributed by atoms with Gasteiger partial charge >= 0.3 is 0 Å². The highest BCUT2D eigenvalue weighted by Gasteiger charge is 2.21. The highest BCUT2D eigenvalue weighted by molar-refractivity contribution is 7.89. The van der Waals surface area contributed by atoms with E-state index in [9.17, 15) is 13.5 Å². The van der Waals surface area contributed by atoms with E-state index in [2.05, 4.69) is 4.72 Å². The van der Waals surface area contributed by atoms with Crippen LogP contribution < -0.4 is 4.72 Å². The predicted molar refractivity (Wildman–Crippen MR) is 84.7 cm³/mol. The zero-order chi connectivity index (χ0) is 15.5. The summed E-state index contributed by atoms with van der Waals surface area (Å²) in [6.45, 7) is 3.55. The fraction of sp³-hybridized carbons (Fsp3) is 0.333. The highest BCUT2D eigenvalue weighted by atomic mass is 32.2. The van der Waals surface area contributed by atoms with Crippen molar-refractivity contribution < 1.29 is 13.5 Å².